The monoisotopic (exact) mass is 211 g/mol. The van der Waals surface area contributed by atoms with Gasteiger partial charge in [-0.15, -0.1) is 0 Å². The third-order valence-electron chi connectivity index (χ3n) is 1.22. The van der Waals surface area contributed by atoms with Crippen LogP contribution in [0.25, 0.3) is 0 Å². The van der Waals surface area contributed by atoms with E-state index in [1.165, 1.54) is 0 Å². The quantitative estimate of drug-likeness (QED) is 0.392. The maximum atomic E-state index is 9.75. The van der Waals surface area contributed by atoms with Gasteiger partial charge in [0.15, 0.2) is 6.20 Å². The van der Waals surface area contributed by atoms with Crippen LogP contribution in [0.2, 0.25) is 0 Å². The topological polar surface area (TPSA) is 13.1 Å². The molecule has 0 radical (unpaired) electrons. The molecule has 14 heavy (non-hydrogen) atoms. The summed E-state index contributed by atoms with van der Waals surface area (Å²) in [5, 5.41) is 0. The SMILES string of the molecule is COc1cccc[n+]1C.F[B-](F)(F)F. The van der Waals surface area contributed by atoms with E-state index in [-0.39, 0.29) is 0 Å². The average Bonchev–Trinajstić information content (AvgIpc) is 2.02. The predicted molar refractivity (Wildman–Crippen MR) is 44.4 cm³/mol. The Kier molecular flexibility index (Phi) is 4.97. The molecule has 0 aliphatic rings. The lowest BCUT2D eigenvalue weighted by Crippen LogP contribution is -2.28. The highest BCUT2D eigenvalue weighted by molar-refractivity contribution is 6.50. The van der Waals surface area contributed by atoms with Crippen molar-refractivity contribution in [2.24, 2.45) is 7.05 Å². The standard InChI is InChI=1S/C7H10NO.BF4/c1-8-6-4-3-5-7(8)9-2;2-1(3,4)5/h3-6H,1-2H3;/q+1;-1. The summed E-state index contributed by atoms with van der Waals surface area (Å²) in [4.78, 5) is 0. The third kappa shape index (κ3) is 7.39. The molecule has 0 aliphatic heterocycles. The Morgan fingerprint density at radius 1 is 1.21 bits per heavy atom. The lowest BCUT2D eigenvalue weighted by Gasteiger charge is -1.94. The Balaban J connectivity index is 0.000000292. The molecule has 80 valence electrons. The molecule has 0 amide bonds. The third-order valence-corrected chi connectivity index (χ3v) is 1.22. The summed E-state index contributed by atoms with van der Waals surface area (Å²) >= 11 is 0. The number of aryl methyl sites for hydroxylation is 1. The Hall–Kier alpha value is -1.27. The number of nitrogens with zero attached hydrogens (tertiary/aromatic N) is 1. The first-order valence-corrected chi connectivity index (χ1v) is 3.70. The van der Waals surface area contributed by atoms with Crippen LogP contribution in [0.5, 0.6) is 5.88 Å². The van der Waals surface area contributed by atoms with Crippen molar-refractivity contribution in [1.82, 2.24) is 0 Å². The Labute approximate surface area is 79.2 Å². The van der Waals surface area contributed by atoms with E-state index in [2.05, 4.69) is 0 Å². The molecule has 1 rings (SSSR count). The molecule has 2 nitrogen and oxygen atoms in total. The fourth-order valence-electron chi connectivity index (χ4n) is 0.720. The number of aromatic nitrogens is 1. The average molecular weight is 211 g/mol. The van der Waals surface area contributed by atoms with Crippen molar-refractivity contribution in [3.63, 3.8) is 0 Å². The molecule has 0 unspecified atom stereocenters. The molecule has 0 bridgehead atoms. The van der Waals surface area contributed by atoms with Gasteiger partial charge in [0.2, 0.25) is 0 Å². The van der Waals surface area contributed by atoms with Gasteiger partial charge in [-0.3, -0.25) is 0 Å². The maximum absolute atomic E-state index is 9.75. The van der Waals surface area contributed by atoms with E-state index >= 15 is 0 Å². The number of hydrogen-bond donors (Lipinski definition) is 0. The van der Waals surface area contributed by atoms with Crippen molar-refractivity contribution >= 4 is 7.25 Å². The fraction of sp³-hybridized carbons (Fsp3) is 0.286. The van der Waals surface area contributed by atoms with Gasteiger partial charge in [0.1, 0.15) is 7.05 Å². The van der Waals surface area contributed by atoms with E-state index in [0.29, 0.717) is 0 Å². The number of halogens is 4. The van der Waals surface area contributed by atoms with E-state index in [4.69, 9.17) is 4.74 Å². The van der Waals surface area contributed by atoms with Gasteiger partial charge in [0.25, 0.3) is 0 Å². The minimum atomic E-state index is -6.00. The second-order valence-electron chi connectivity index (χ2n) is 2.35. The summed E-state index contributed by atoms with van der Waals surface area (Å²) < 4.78 is 45.9. The molecule has 0 saturated carbocycles. The summed E-state index contributed by atoms with van der Waals surface area (Å²) in [7, 11) is -2.39. The van der Waals surface area contributed by atoms with Crippen molar-refractivity contribution < 1.29 is 26.6 Å². The van der Waals surface area contributed by atoms with E-state index < -0.39 is 7.25 Å². The van der Waals surface area contributed by atoms with Crippen molar-refractivity contribution in [3.8, 4) is 5.88 Å². The largest absolute Gasteiger partial charge is 0.673 e. The summed E-state index contributed by atoms with van der Waals surface area (Å²) in [6.07, 6.45) is 1.94. The molecular formula is C7H10BF4NO. The summed E-state index contributed by atoms with van der Waals surface area (Å²) in [5.74, 6) is 0.873. The van der Waals surface area contributed by atoms with Crippen molar-refractivity contribution in [3.05, 3.63) is 24.4 Å². The van der Waals surface area contributed by atoms with Crippen LogP contribution in [0.3, 0.4) is 0 Å². The fourth-order valence-corrected chi connectivity index (χ4v) is 0.720. The molecule has 0 fully saturated rings. The molecule has 0 saturated heterocycles. The van der Waals surface area contributed by atoms with Crippen LogP contribution < -0.4 is 9.30 Å². The van der Waals surface area contributed by atoms with Crippen molar-refractivity contribution in [2.75, 3.05) is 7.11 Å². The highest BCUT2D eigenvalue weighted by Crippen LogP contribution is 2.06. The minimum absolute atomic E-state index is 0.873. The molecule has 0 aromatic carbocycles. The van der Waals surface area contributed by atoms with Gasteiger partial charge in [-0.05, 0) is 6.07 Å². The van der Waals surface area contributed by atoms with Gasteiger partial charge in [-0.2, -0.15) is 4.57 Å². The van der Waals surface area contributed by atoms with Crippen LogP contribution in [0, 0.1) is 0 Å². The molecule has 0 N–H and O–H groups in total. The first kappa shape index (κ1) is 12.7. The van der Waals surface area contributed by atoms with Gasteiger partial charge in [-0.1, -0.05) is 0 Å². The number of methoxy groups -OCH3 is 1. The van der Waals surface area contributed by atoms with E-state index in [9.17, 15) is 17.3 Å². The minimum Gasteiger partial charge on any atom is -0.448 e. The Morgan fingerprint density at radius 3 is 2.00 bits per heavy atom. The Morgan fingerprint density at radius 2 is 1.71 bits per heavy atom. The molecule has 1 aromatic rings. The number of rotatable bonds is 1. The molecule has 1 heterocycles. The highest BCUT2D eigenvalue weighted by Gasteiger charge is 2.20. The van der Waals surface area contributed by atoms with Crippen molar-refractivity contribution in [1.29, 1.82) is 0 Å². The van der Waals surface area contributed by atoms with Gasteiger partial charge >= 0.3 is 13.1 Å². The number of ether oxygens (including phenoxy) is 1. The number of pyridine rings is 1. The number of hydrogen-bond acceptors (Lipinski definition) is 1. The van der Waals surface area contributed by atoms with Crippen LogP contribution in [-0.2, 0) is 7.05 Å². The first-order chi connectivity index (χ1) is 6.34. The second kappa shape index (κ2) is 5.46. The summed E-state index contributed by atoms with van der Waals surface area (Å²) in [5.41, 5.74) is 0. The summed E-state index contributed by atoms with van der Waals surface area (Å²) in [6.45, 7) is 0. The second-order valence-corrected chi connectivity index (χ2v) is 2.35. The smallest absolute Gasteiger partial charge is 0.448 e. The van der Waals surface area contributed by atoms with Crippen LogP contribution in [0.4, 0.5) is 17.3 Å². The highest BCUT2D eigenvalue weighted by atomic mass is 19.5. The van der Waals surface area contributed by atoms with E-state index in [1.807, 2.05) is 36.0 Å². The predicted octanol–water partition coefficient (Wildman–Crippen LogP) is 1.82. The van der Waals surface area contributed by atoms with E-state index in [1.54, 1.807) is 7.11 Å². The van der Waals surface area contributed by atoms with Gasteiger partial charge in [0.05, 0.1) is 13.2 Å². The molecule has 0 aliphatic carbocycles. The molecular weight excluding hydrogens is 201 g/mol. The van der Waals surface area contributed by atoms with Crippen LogP contribution in [0.1, 0.15) is 0 Å². The zero-order valence-corrected chi connectivity index (χ0v) is 7.75. The maximum Gasteiger partial charge on any atom is 0.673 e. The van der Waals surface area contributed by atoms with Crippen LogP contribution in [0.15, 0.2) is 24.4 Å². The molecule has 0 spiro atoms. The van der Waals surface area contributed by atoms with Crippen LogP contribution >= 0.6 is 0 Å². The van der Waals surface area contributed by atoms with Crippen molar-refractivity contribution in [2.45, 2.75) is 0 Å². The lowest BCUT2D eigenvalue weighted by molar-refractivity contribution is -0.676. The van der Waals surface area contributed by atoms with Gasteiger partial charge < -0.3 is 22.0 Å². The summed E-state index contributed by atoms with van der Waals surface area (Å²) in [6, 6.07) is 5.82. The molecule has 1 aromatic heterocycles. The first-order valence-electron chi connectivity index (χ1n) is 3.70. The lowest BCUT2D eigenvalue weighted by atomic mass is 10.3. The molecule has 0 atom stereocenters. The zero-order valence-electron chi connectivity index (χ0n) is 7.75. The van der Waals surface area contributed by atoms with Crippen LogP contribution in [-0.4, -0.2) is 14.4 Å². The van der Waals surface area contributed by atoms with Gasteiger partial charge in [-0.25, -0.2) is 0 Å². The van der Waals surface area contributed by atoms with Gasteiger partial charge in [0, 0.05) is 6.07 Å². The zero-order chi connectivity index (χ0) is 11.2. The van der Waals surface area contributed by atoms with E-state index in [0.717, 1.165) is 5.88 Å². The normalized spacial score (nSPS) is 10.1. The molecule has 7 heteroatoms. The Bertz CT molecular complexity index is 273.